The van der Waals surface area contributed by atoms with Crippen molar-refractivity contribution in [3.63, 3.8) is 0 Å². The van der Waals surface area contributed by atoms with Crippen molar-refractivity contribution >= 4 is 40.7 Å². The summed E-state index contributed by atoms with van der Waals surface area (Å²) in [6.45, 7) is 0.952. The van der Waals surface area contributed by atoms with E-state index in [1.54, 1.807) is 47.4 Å². The maximum Gasteiger partial charge on any atom is 0.321 e. The van der Waals surface area contributed by atoms with E-state index in [4.69, 9.17) is 27.9 Å². The van der Waals surface area contributed by atoms with Crippen LogP contribution < -0.4 is 10.1 Å². The van der Waals surface area contributed by atoms with Crippen molar-refractivity contribution in [2.24, 2.45) is 5.92 Å². The second-order valence-corrected chi connectivity index (χ2v) is 7.31. The minimum atomic E-state index is -0.279. The van der Waals surface area contributed by atoms with Gasteiger partial charge in [-0.05, 0) is 43.2 Å². The number of likely N-dealkylation sites (tertiary alicyclic amines) is 1. The molecule has 27 heavy (non-hydrogen) atoms. The van der Waals surface area contributed by atoms with Gasteiger partial charge in [0.25, 0.3) is 0 Å². The number of ether oxygens (including phenoxy) is 1. The first-order valence-electron chi connectivity index (χ1n) is 8.67. The van der Waals surface area contributed by atoms with Crippen molar-refractivity contribution in [3.05, 3.63) is 58.1 Å². The Bertz CT molecular complexity index is 857. The Morgan fingerprint density at radius 1 is 1.15 bits per heavy atom. The number of urea groups is 1. The van der Waals surface area contributed by atoms with Crippen LogP contribution in [0.5, 0.6) is 5.75 Å². The van der Waals surface area contributed by atoms with E-state index in [0.717, 1.165) is 12.8 Å². The molecule has 142 valence electrons. The van der Waals surface area contributed by atoms with Crippen LogP contribution in [0.2, 0.25) is 10.0 Å². The first-order chi connectivity index (χ1) is 13.0. The highest BCUT2D eigenvalue weighted by molar-refractivity contribution is 6.31. The summed E-state index contributed by atoms with van der Waals surface area (Å²) in [6, 6.07) is 11.7. The molecule has 2 amide bonds. The molecule has 0 spiro atoms. The molecular weight excluding hydrogens is 387 g/mol. The molecule has 1 fully saturated rings. The number of carbonyl (C=O) groups is 2. The average molecular weight is 407 g/mol. The van der Waals surface area contributed by atoms with E-state index >= 15 is 0 Å². The van der Waals surface area contributed by atoms with Crippen LogP contribution in [0.15, 0.2) is 42.5 Å². The fourth-order valence-corrected chi connectivity index (χ4v) is 3.59. The molecule has 0 bridgehead atoms. The maximum atomic E-state index is 12.8. The fraction of sp³-hybridized carbons (Fsp3) is 0.300. The van der Waals surface area contributed by atoms with Gasteiger partial charge in [0.05, 0.1) is 12.8 Å². The number of ketones is 1. The molecule has 1 aliphatic heterocycles. The zero-order valence-electron chi connectivity index (χ0n) is 14.9. The molecule has 0 saturated carbocycles. The van der Waals surface area contributed by atoms with Crippen molar-refractivity contribution in [1.82, 2.24) is 4.90 Å². The lowest BCUT2D eigenvalue weighted by Gasteiger charge is -2.32. The number of anilines is 1. The van der Waals surface area contributed by atoms with Crippen LogP contribution in [0, 0.1) is 5.92 Å². The van der Waals surface area contributed by atoms with Gasteiger partial charge in [-0.3, -0.25) is 4.79 Å². The van der Waals surface area contributed by atoms with Gasteiger partial charge in [-0.1, -0.05) is 35.3 Å². The molecule has 7 heteroatoms. The predicted molar refractivity (Wildman–Crippen MR) is 107 cm³/mol. The van der Waals surface area contributed by atoms with Gasteiger partial charge in [0, 0.05) is 34.6 Å². The summed E-state index contributed by atoms with van der Waals surface area (Å²) in [5.74, 6) is 0.288. The zero-order valence-corrected chi connectivity index (χ0v) is 16.4. The van der Waals surface area contributed by atoms with Crippen molar-refractivity contribution in [3.8, 4) is 5.75 Å². The van der Waals surface area contributed by atoms with Crippen LogP contribution in [-0.4, -0.2) is 36.9 Å². The van der Waals surface area contributed by atoms with Gasteiger partial charge in [0.1, 0.15) is 5.75 Å². The minimum Gasteiger partial charge on any atom is -0.495 e. The Labute approximate surface area is 168 Å². The van der Waals surface area contributed by atoms with Crippen LogP contribution >= 0.6 is 23.2 Å². The standard InChI is InChI=1S/C20H20Cl2N2O3/c1-27-18-8-7-16(22)11-17(18)23-20(26)24-9-3-5-14(12-24)19(25)13-4-2-6-15(21)10-13/h2,4,6-8,10-11,14H,3,5,9,12H2,1H3,(H,23,26)/t14-/m1/s1. The number of Topliss-reactive ketones (excluding diaryl/α,β-unsaturated/α-hetero) is 1. The van der Waals surface area contributed by atoms with E-state index in [0.29, 0.717) is 40.1 Å². The number of nitrogens with one attached hydrogen (secondary N) is 1. The number of benzene rings is 2. The van der Waals surface area contributed by atoms with Crippen molar-refractivity contribution < 1.29 is 14.3 Å². The van der Waals surface area contributed by atoms with Crippen LogP contribution in [-0.2, 0) is 0 Å². The lowest BCUT2D eigenvalue weighted by molar-refractivity contribution is 0.0851. The van der Waals surface area contributed by atoms with Gasteiger partial charge in [-0.2, -0.15) is 0 Å². The first kappa shape index (κ1) is 19.5. The highest BCUT2D eigenvalue weighted by atomic mass is 35.5. The highest BCUT2D eigenvalue weighted by Gasteiger charge is 2.29. The average Bonchev–Trinajstić information content (AvgIpc) is 2.67. The predicted octanol–water partition coefficient (Wildman–Crippen LogP) is 5.13. The molecule has 3 rings (SSSR count). The number of hydrogen-bond acceptors (Lipinski definition) is 3. The van der Waals surface area contributed by atoms with E-state index in [-0.39, 0.29) is 17.7 Å². The molecule has 1 saturated heterocycles. The van der Waals surface area contributed by atoms with Crippen LogP contribution in [0.25, 0.3) is 0 Å². The molecule has 0 aromatic heterocycles. The minimum absolute atomic E-state index is 0.00957. The number of piperidine rings is 1. The third-order valence-corrected chi connectivity index (χ3v) is 5.06. The van der Waals surface area contributed by atoms with Crippen molar-refractivity contribution in [2.45, 2.75) is 12.8 Å². The molecule has 2 aromatic carbocycles. The third kappa shape index (κ3) is 4.73. The number of nitrogens with zero attached hydrogens (tertiary/aromatic N) is 1. The number of hydrogen-bond donors (Lipinski definition) is 1. The monoisotopic (exact) mass is 406 g/mol. The molecule has 1 heterocycles. The third-order valence-electron chi connectivity index (χ3n) is 4.59. The summed E-state index contributed by atoms with van der Waals surface area (Å²) in [7, 11) is 1.53. The number of methoxy groups -OCH3 is 1. The second-order valence-electron chi connectivity index (χ2n) is 6.43. The summed E-state index contributed by atoms with van der Waals surface area (Å²) >= 11 is 12.0. The Kier molecular flexibility index (Phi) is 6.24. The van der Waals surface area contributed by atoms with Gasteiger partial charge in [0.2, 0.25) is 0 Å². The fourth-order valence-electron chi connectivity index (χ4n) is 3.23. The molecule has 0 aliphatic carbocycles. The van der Waals surface area contributed by atoms with Gasteiger partial charge in [-0.15, -0.1) is 0 Å². The SMILES string of the molecule is COc1ccc(Cl)cc1NC(=O)N1CCC[C@@H](C(=O)c2cccc(Cl)c2)C1. The summed E-state index contributed by atoms with van der Waals surface area (Å²) in [4.78, 5) is 27.1. The zero-order chi connectivity index (χ0) is 19.4. The van der Waals surface area contributed by atoms with Gasteiger partial charge in [-0.25, -0.2) is 4.79 Å². The van der Waals surface area contributed by atoms with E-state index in [1.807, 2.05) is 0 Å². The van der Waals surface area contributed by atoms with Crippen LogP contribution in [0.4, 0.5) is 10.5 Å². The smallest absolute Gasteiger partial charge is 0.321 e. The van der Waals surface area contributed by atoms with Crippen LogP contribution in [0.1, 0.15) is 23.2 Å². The Hall–Kier alpha value is -2.24. The van der Waals surface area contributed by atoms with Gasteiger partial charge in [0.15, 0.2) is 5.78 Å². The van der Waals surface area contributed by atoms with Gasteiger partial charge < -0.3 is 15.0 Å². The van der Waals surface area contributed by atoms with Crippen molar-refractivity contribution in [1.29, 1.82) is 0 Å². The molecule has 1 atom stereocenters. The lowest BCUT2D eigenvalue weighted by Crippen LogP contribution is -2.44. The van der Waals surface area contributed by atoms with Crippen LogP contribution in [0.3, 0.4) is 0 Å². The van der Waals surface area contributed by atoms with E-state index in [9.17, 15) is 9.59 Å². The number of halogens is 2. The first-order valence-corrected chi connectivity index (χ1v) is 9.43. The van der Waals surface area contributed by atoms with Crippen molar-refractivity contribution in [2.75, 3.05) is 25.5 Å². The Morgan fingerprint density at radius 2 is 1.93 bits per heavy atom. The van der Waals surface area contributed by atoms with E-state index in [2.05, 4.69) is 5.32 Å². The summed E-state index contributed by atoms with van der Waals surface area (Å²) in [6.07, 6.45) is 1.51. The molecule has 1 N–H and O–H groups in total. The molecular formula is C20H20Cl2N2O3. The molecule has 0 radical (unpaired) electrons. The molecule has 2 aromatic rings. The Morgan fingerprint density at radius 3 is 2.67 bits per heavy atom. The molecule has 5 nitrogen and oxygen atoms in total. The van der Waals surface area contributed by atoms with E-state index < -0.39 is 0 Å². The molecule has 0 unspecified atom stereocenters. The molecule has 1 aliphatic rings. The highest BCUT2D eigenvalue weighted by Crippen LogP contribution is 2.29. The number of carbonyl (C=O) groups excluding carboxylic acids is 2. The quantitative estimate of drug-likeness (QED) is 0.715. The largest absolute Gasteiger partial charge is 0.495 e. The summed E-state index contributed by atoms with van der Waals surface area (Å²) < 4.78 is 5.26. The van der Waals surface area contributed by atoms with Gasteiger partial charge >= 0.3 is 6.03 Å². The maximum absolute atomic E-state index is 12.8. The normalized spacial score (nSPS) is 16.7. The summed E-state index contributed by atoms with van der Waals surface area (Å²) in [5.41, 5.74) is 1.07. The van der Waals surface area contributed by atoms with E-state index in [1.165, 1.54) is 7.11 Å². The lowest BCUT2D eigenvalue weighted by atomic mass is 9.90. The Balaban J connectivity index is 1.70. The topological polar surface area (TPSA) is 58.6 Å². The second kappa shape index (κ2) is 8.63. The number of amides is 2. The summed E-state index contributed by atoms with van der Waals surface area (Å²) in [5, 5.41) is 3.85. The number of rotatable bonds is 4.